The van der Waals surface area contributed by atoms with Crippen molar-refractivity contribution < 1.29 is 22.3 Å². The molecule has 4 rings (SSSR count). The van der Waals surface area contributed by atoms with Crippen LogP contribution in [0.4, 0.5) is 0 Å². The Hall–Kier alpha value is -1.97. The molecule has 0 amide bonds. The Morgan fingerprint density at radius 1 is 1.20 bits per heavy atom. The molecule has 0 saturated heterocycles. The van der Waals surface area contributed by atoms with Crippen molar-refractivity contribution in [2.75, 3.05) is 12.9 Å². The quantitative estimate of drug-likeness (QED) is 0.279. The highest BCUT2D eigenvalue weighted by molar-refractivity contribution is 7.85. The maximum Gasteiger partial charge on any atom is 0.265 e. The number of halogens is 1. The van der Waals surface area contributed by atoms with Gasteiger partial charge in [-0.2, -0.15) is 13.0 Å². The fourth-order valence-electron chi connectivity index (χ4n) is 3.34. The molecule has 30 heavy (non-hydrogen) atoms. The summed E-state index contributed by atoms with van der Waals surface area (Å²) >= 11 is 9.21. The fraction of sp³-hybridized carbons (Fsp3) is 0.190. The van der Waals surface area contributed by atoms with Crippen LogP contribution in [0.15, 0.2) is 41.8 Å². The molecule has 0 fully saturated rings. The molecule has 0 aliphatic rings. The lowest BCUT2D eigenvalue weighted by Crippen LogP contribution is -2.36. The summed E-state index contributed by atoms with van der Waals surface area (Å²) in [6.07, 6.45) is 4.34. The minimum atomic E-state index is -4.00. The van der Waals surface area contributed by atoms with Crippen LogP contribution in [-0.4, -0.2) is 25.8 Å². The summed E-state index contributed by atoms with van der Waals surface area (Å²) in [7, 11) is -2.34. The molecule has 0 radical (unpaired) electrons. The number of thiazole rings is 1. The molecule has 0 saturated carbocycles. The predicted molar refractivity (Wildman–Crippen MR) is 125 cm³/mol. The zero-order valence-corrected chi connectivity index (χ0v) is 19.2. The van der Waals surface area contributed by atoms with Gasteiger partial charge >= 0.3 is 0 Å². The van der Waals surface area contributed by atoms with Crippen LogP contribution >= 0.6 is 34.3 Å². The maximum absolute atomic E-state index is 11.2. The molecule has 0 bridgehead atoms. The first kappa shape index (κ1) is 21.3. The van der Waals surface area contributed by atoms with Gasteiger partial charge < -0.3 is 4.74 Å². The first-order valence-corrected chi connectivity index (χ1v) is 12.8. The number of aryl methyl sites for hydroxylation is 1. The Bertz CT molecular complexity index is 1340. The number of nitrogens with zero attached hydrogens (tertiary/aromatic N) is 1. The summed E-state index contributed by atoms with van der Waals surface area (Å²) in [4.78, 5) is 0. The van der Waals surface area contributed by atoms with Gasteiger partial charge in [-0.15, -0.1) is 11.3 Å². The number of benzene rings is 2. The second-order valence-electron chi connectivity index (χ2n) is 6.71. The molecule has 0 aliphatic heterocycles. The van der Waals surface area contributed by atoms with E-state index in [1.54, 1.807) is 29.8 Å². The third-order valence-corrected chi connectivity index (χ3v) is 7.76. The van der Waals surface area contributed by atoms with Gasteiger partial charge in [-0.1, -0.05) is 35.1 Å². The van der Waals surface area contributed by atoms with Gasteiger partial charge in [0.05, 0.1) is 12.9 Å². The third kappa shape index (κ3) is 4.53. The molecule has 2 aromatic carbocycles. The van der Waals surface area contributed by atoms with Gasteiger partial charge in [-0.25, -0.2) is 0 Å². The normalized spacial score (nSPS) is 12.4. The number of fused-ring (bicyclic) bond motifs is 3. The van der Waals surface area contributed by atoms with Crippen molar-refractivity contribution in [1.29, 1.82) is 0 Å². The maximum atomic E-state index is 11.2. The topological polar surface area (TPSA) is 67.5 Å². The number of methoxy groups -OCH3 is 1. The zero-order valence-electron chi connectivity index (χ0n) is 16.0. The Morgan fingerprint density at radius 2 is 1.97 bits per heavy atom. The van der Waals surface area contributed by atoms with Crippen LogP contribution in [-0.2, 0) is 16.7 Å². The van der Waals surface area contributed by atoms with E-state index in [0.29, 0.717) is 18.0 Å². The van der Waals surface area contributed by atoms with Crippen molar-refractivity contribution in [2.24, 2.45) is 0 Å². The van der Waals surface area contributed by atoms with E-state index in [9.17, 15) is 8.42 Å². The lowest BCUT2D eigenvalue weighted by Gasteiger charge is -2.02. The van der Waals surface area contributed by atoms with Crippen molar-refractivity contribution in [3.8, 4) is 5.75 Å². The standard InChI is InChI=1S/C21H18ClNO4S3/c1-27-17-13-18-20(21-16(17)9-11-28-21)23(10-2-12-30(24,25)26)19(29-18)8-5-14-3-6-15(22)7-4-14/h3-9,11,13H,2,10,12H2,1H3/p+1/b8-5+. The number of thiophene rings is 1. The molecule has 2 aromatic heterocycles. The zero-order chi connectivity index (χ0) is 21.3. The summed E-state index contributed by atoms with van der Waals surface area (Å²) in [5.41, 5.74) is 2.07. The van der Waals surface area contributed by atoms with Gasteiger partial charge in [-0.05, 0) is 35.2 Å². The Labute approximate surface area is 187 Å². The highest BCUT2D eigenvalue weighted by atomic mass is 35.5. The summed E-state index contributed by atoms with van der Waals surface area (Å²) < 4.78 is 41.4. The number of aromatic nitrogens is 1. The van der Waals surface area contributed by atoms with Crippen LogP contribution in [0.25, 0.3) is 32.5 Å². The molecule has 156 valence electrons. The highest BCUT2D eigenvalue weighted by Gasteiger charge is 2.24. The van der Waals surface area contributed by atoms with Crippen molar-refractivity contribution >= 4 is 76.8 Å². The molecular formula is C21H19ClNO4S3+. The van der Waals surface area contributed by atoms with E-state index in [1.165, 1.54) is 0 Å². The van der Waals surface area contributed by atoms with Crippen LogP contribution in [0.1, 0.15) is 17.0 Å². The van der Waals surface area contributed by atoms with Crippen LogP contribution in [0.5, 0.6) is 5.75 Å². The van der Waals surface area contributed by atoms with E-state index in [4.69, 9.17) is 20.9 Å². The second kappa shape index (κ2) is 8.64. The third-order valence-electron chi connectivity index (χ3n) is 4.68. The summed E-state index contributed by atoms with van der Waals surface area (Å²) in [5, 5.41) is 4.72. The van der Waals surface area contributed by atoms with Crippen molar-refractivity contribution in [3.05, 3.63) is 57.4 Å². The molecular weight excluding hydrogens is 462 g/mol. The molecule has 4 aromatic rings. The molecule has 0 aliphatic carbocycles. The Kier molecular flexibility index (Phi) is 6.13. The smallest absolute Gasteiger partial charge is 0.265 e. The van der Waals surface area contributed by atoms with Gasteiger partial charge in [-0.3, -0.25) is 4.55 Å². The SMILES string of the molecule is COc1cc2sc(/C=C/c3ccc(Cl)cc3)[n+](CCCS(=O)(=O)O)c2c2sccc12. The van der Waals surface area contributed by atoms with Crippen LogP contribution in [0.3, 0.4) is 0 Å². The summed E-state index contributed by atoms with van der Waals surface area (Å²) in [5.74, 6) is 0.542. The van der Waals surface area contributed by atoms with Crippen LogP contribution in [0, 0.1) is 0 Å². The highest BCUT2D eigenvalue weighted by Crippen LogP contribution is 2.38. The minimum absolute atomic E-state index is 0.276. The number of hydrogen-bond acceptors (Lipinski definition) is 5. The first-order valence-electron chi connectivity index (χ1n) is 9.15. The lowest BCUT2D eigenvalue weighted by atomic mass is 10.2. The first-order chi connectivity index (χ1) is 14.4. The Morgan fingerprint density at radius 3 is 2.67 bits per heavy atom. The van der Waals surface area contributed by atoms with Gasteiger partial charge in [0, 0.05) is 29.0 Å². The minimum Gasteiger partial charge on any atom is -0.496 e. The molecule has 0 spiro atoms. The van der Waals surface area contributed by atoms with E-state index in [1.807, 2.05) is 53.9 Å². The second-order valence-corrected chi connectivity index (χ2v) is 10.7. The number of rotatable bonds is 7. The largest absolute Gasteiger partial charge is 0.496 e. The molecule has 2 heterocycles. The summed E-state index contributed by atoms with van der Waals surface area (Å²) in [6, 6.07) is 11.6. The van der Waals surface area contributed by atoms with Crippen molar-refractivity contribution in [1.82, 2.24) is 0 Å². The van der Waals surface area contributed by atoms with E-state index in [2.05, 4.69) is 4.57 Å². The lowest BCUT2D eigenvalue weighted by molar-refractivity contribution is -0.667. The molecule has 5 nitrogen and oxygen atoms in total. The van der Waals surface area contributed by atoms with Crippen molar-refractivity contribution in [3.63, 3.8) is 0 Å². The molecule has 0 atom stereocenters. The molecule has 0 unspecified atom stereocenters. The Balaban J connectivity index is 1.82. The average molecular weight is 481 g/mol. The van der Waals surface area contributed by atoms with Crippen molar-refractivity contribution in [2.45, 2.75) is 13.0 Å². The number of ether oxygens (including phenoxy) is 1. The van der Waals surface area contributed by atoms with Gasteiger partial charge in [0.15, 0.2) is 6.54 Å². The molecule has 9 heteroatoms. The van der Waals surface area contributed by atoms with Gasteiger partial charge in [0.1, 0.15) is 15.1 Å². The van der Waals surface area contributed by atoms with Gasteiger partial charge in [0.2, 0.25) is 5.52 Å². The average Bonchev–Trinajstić information content (AvgIpc) is 3.30. The molecule has 1 N–H and O–H groups in total. The van der Waals surface area contributed by atoms with Crippen LogP contribution in [0.2, 0.25) is 5.02 Å². The summed E-state index contributed by atoms with van der Waals surface area (Å²) in [6.45, 7) is 0.472. The number of hydrogen-bond donors (Lipinski definition) is 1. The van der Waals surface area contributed by atoms with E-state index >= 15 is 0 Å². The van der Waals surface area contributed by atoms with E-state index < -0.39 is 10.1 Å². The van der Waals surface area contributed by atoms with Crippen LogP contribution < -0.4 is 9.30 Å². The van der Waals surface area contributed by atoms with Gasteiger partial charge in [0.25, 0.3) is 15.1 Å². The van der Waals surface area contributed by atoms with E-state index in [-0.39, 0.29) is 5.75 Å². The fourth-order valence-corrected chi connectivity index (χ4v) is 6.12. The monoisotopic (exact) mass is 480 g/mol. The predicted octanol–water partition coefficient (Wildman–Crippen LogP) is 5.51. The van der Waals surface area contributed by atoms with E-state index in [0.717, 1.165) is 36.6 Å².